The van der Waals surface area contributed by atoms with Crippen LogP contribution in [0.3, 0.4) is 0 Å². The third-order valence-corrected chi connectivity index (χ3v) is 12.6. The lowest BCUT2D eigenvalue weighted by Gasteiger charge is -2.45. The van der Waals surface area contributed by atoms with Crippen LogP contribution in [-0.4, -0.2) is 0 Å². The Labute approximate surface area is 358 Å². The highest BCUT2D eigenvalue weighted by molar-refractivity contribution is 6.11. The lowest BCUT2D eigenvalue weighted by atomic mass is 9.72. The topological polar surface area (TPSA) is 6.48 Å². The predicted molar refractivity (Wildman–Crippen MR) is 259 cm³/mol. The first kappa shape index (κ1) is 36.4. The zero-order valence-electron chi connectivity index (χ0n) is 34.3. The highest BCUT2D eigenvalue weighted by Crippen LogP contribution is 2.58. The van der Waals surface area contributed by atoms with Gasteiger partial charge < -0.3 is 9.80 Å². The normalized spacial score (nSPS) is 12.9. The van der Waals surface area contributed by atoms with E-state index >= 15 is 0 Å². The van der Waals surface area contributed by atoms with Crippen molar-refractivity contribution in [3.63, 3.8) is 0 Å². The van der Waals surface area contributed by atoms with Crippen LogP contribution < -0.4 is 9.80 Å². The quantitative estimate of drug-likeness (QED) is 0.159. The van der Waals surface area contributed by atoms with Gasteiger partial charge in [0.1, 0.15) is 0 Å². The van der Waals surface area contributed by atoms with E-state index in [0.717, 1.165) is 17.1 Å². The van der Waals surface area contributed by atoms with E-state index in [4.69, 9.17) is 0 Å². The van der Waals surface area contributed by atoms with E-state index in [1.807, 2.05) is 0 Å². The molecule has 10 aromatic carbocycles. The Kier molecular flexibility index (Phi) is 8.86. The minimum Gasteiger partial charge on any atom is -0.310 e. The average Bonchev–Trinajstić information content (AvgIpc) is 3.32. The Hall–Kier alpha value is -7.68. The summed E-state index contributed by atoms with van der Waals surface area (Å²) in [4.78, 5) is 5.03. The summed E-state index contributed by atoms with van der Waals surface area (Å²) in [6.07, 6.45) is 0. The van der Waals surface area contributed by atoms with Gasteiger partial charge in [-0.05, 0) is 92.0 Å². The summed E-state index contributed by atoms with van der Waals surface area (Å²) in [5.41, 5.74) is 16.3. The van der Waals surface area contributed by atoms with Crippen molar-refractivity contribution in [1.29, 1.82) is 0 Å². The van der Waals surface area contributed by atoms with E-state index in [1.165, 1.54) is 83.1 Å². The van der Waals surface area contributed by atoms with E-state index in [-0.39, 0.29) is 5.41 Å². The highest BCUT2D eigenvalue weighted by Gasteiger charge is 2.41. The fourth-order valence-corrected chi connectivity index (χ4v) is 9.71. The Morgan fingerprint density at radius 2 is 0.852 bits per heavy atom. The molecule has 61 heavy (non-hydrogen) atoms. The van der Waals surface area contributed by atoms with Gasteiger partial charge in [0.15, 0.2) is 0 Å². The monoisotopic (exact) mass is 780 g/mol. The Bertz CT molecular complexity index is 3110. The lowest BCUT2D eigenvalue weighted by Crippen LogP contribution is -2.32. The van der Waals surface area contributed by atoms with Crippen molar-refractivity contribution in [2.24, 2.45) is 0 Å². The van der Waals surface area contributed by atoms with Gasteiger partial charge in [0, 0.05) is 33.3 Å². The molecule has 0 aromatic heterocycles. The Morgan fingerprint density at radius 3 is 1.51 bits per heavy atom. The maximum Gasteiger partial charge on any atom is 0.0618 e. The van der Waals surface area contributed by atoms with Gasteiger partial charge in [-0.15, -0.1) is 0 Å². The Balaban J connectivity index is 1.18. The van der Waals surface area contributed by atoms with Crippen LogP contribution in [0.25, 0.3) is 54.9 Å². The molecular formula is C59H44N2. The van der Waals surface area contributed by atoms with Crippen molar-refractivity contribution >= 4 is 55.7 Å². The number of anilines is 6. The molecule has 1 aliphatic heterocycles. The first-order valence-electron chi connectivity index (χ1n) is 21.2. The summed E-state index contributed by atoms with van der Waals surface area (Å²) in [6, 6.07) is 84.2. The molecule has 290 valence electrons. The first-order valence-corrected chi connectivity index (χ1v) is 21.2. The van der Waals surface area contributed by atoms with Crippen LogP contribution in [0.2, 0.25) is 0 Å². The SMILES string of the molecule is CC1(C)c2ccccc2N(c2c(-c3cccc4ccccc34)ccc3ccccc23)c2cccc(N(c3ccc(-c4ccccc4)cc3)c3ccc(-c4ccccc4)cc3)c21. The minimum absolute atomic E-state index is 0.366. The lowest BCUT2D eigenvalue weighted by molar-refractivity contribution is 0.632. The van der Waals surface area contributed by atoms with Gasteiger partial charge in [-0.2, -0.15) is 0 Å². The molecule has 10 aromatic rings. The number of fused-ring (bicyclic) bond motifs is 4. The van der Waals surface area contributed by atoms with E-state index in [2.05, 4.69) is 254 Å². The molecule has 0 amide bonds. The smallest absolute Gasteiger partial charge is 0.0618 e. The molecule has 2 nitrogen and oxygen atoms in total. The van der Waals surface area contributed by atoms with Gasteiger partial charge in [0.25, 0.3) is 0 Å². The molecule has 0 saturated heterocycles. The second-order valence-electron chi connectivity index (χ2n) is 16.5. The van der Waals surface area contributed by atoms with Crippen LogP contribution >= 0.6 is 0 Å². The van der Waals surface area contributed by atoms with Gasteiger partial charge in [-0.1, -0.05) is 202 Å². The number of hydrogen-bond donors (Lipinski definition) is 0. The Morgan fingerprint density at radius 1 is 0.361 bits per heavy atom. The van der Waals surface area contributed by atoms with Crippen LogP contribution in [0.4, 0.5) is 34.1 Å². The second-order valence-corrected chi connectivity index (χ2v) is 16.5. The molecule has 0 bridgehead atoms. The molecular weight excluding hydrogens is 737 g/mol. The number of hydrogen-bond acceptors (Lipinski definition) is 2. The summed E-state index contributed by atoms with van der Waals surface area (Å²) >= 11 is 0. The van der Waals surface area contributed by atoms with E-state index < -0.39 is 0 Å². The largest absolute Gasteiger partial charge is 0.310 e. The zero-order chi connectivity index (χ0) is 40.9. The van der Waals surface area contributed by atoms with Crippen LogP contribution in [-0.2, 0) is 5.41 Å². The third kappa shape index (κ3) is 6.19. The second kappa shape index (κ2) is 14.9. The molecule has 0 spiro atoms. The molecule has 11 rings (SSSR count). The van der Waals surface area contributed by atoms with E-state index in [9.17, 15) is 0 Å². The van der Waals surface area contributed by atoms with Crippen molar-refractivity contribution < 1.29 is 0 Å². The van der Waals surface area contributed by atoms with Crippen molar-refractivity contribution in [3.8, 4) is 33.4 Å². The molecule has 0 unspecified atom stereocenters. The number of para-hydroxylation sites is 1. The number of nitrogens with zero attached hydrogens (tertiary/aromatic N) is 2. The van der Waals surface area contributed by atoms with E-state index in [0.29, 0.717) is 0 Å². The summed E-state index contributed by atoms with van der Waals surface area (Å²) in [5, 5.41) is 4.89. The summed E-state index contributed by atoms with van der Waals surface area (Å²) in [5.74, 6) is 0. The van der Waals surface area contributed by atoms with Crippen molar-refractivity contribution in [2.45, 2.75) is 19.3 Å². The average molecular weight is 781 g/mol. The zero-order valence-corrected chi connectivity index (χ0v) is 34.3. The maximum absolute atomic E-state index is 2.56. The van der Waals surface area contributed by atoms with Crippen LogP contribution in [0.15, 0.2) is 231 Å². The predicted octanol–water partition coefficient (Wildman–Crippen LogP) is 16.6. The maximum atomic E-state index is 2.56. The van der Waals surface area contributed by atoms with Gasteiger partial charge >= 0.3 is 0 Å². The summed E-state index contributed by atoms with van der Waals surface area (Å²) in [6.45, 7) is 4.80. The van der Waals surface area contributed by atoms with Crippen LogP contribution in [0, 0.1) is 0 Å². The van der Waals surface area contributed by atoms with Crippen LogP contribution in [0.5, 0.6) is 0 Å². The molecule has 0 saturated carbocycles. The van der Waals surface area contributed by atoms with E-state index in [1.54, 1.807) is 0 Å². The standard InChI is InChI=1S/C59H44N2/c1-59(2)53-27-13-14-28-54(53)61(58-50-25-12-10-22-46(50)35-40-52(58)51-26-15-23-45-21-9-11-24-49(45)51)56-30-16-29-55(57(56)59)60(47-36-31-43(32-37-47)41-17-5-3-6-18-41)48-38-33-44(34-39-48)42-19-7-4-8-20-42/h3-40H,1-2H3. The first-order chi connectivity index (χ1) is 30.0. The fraction of sp³-hybridized carbons (Fsp3) is 0.0508. The molecule has 0 radical (unpaired) electrons. The minimum atomic E-state index is -0.366. The number of benzene rings is 10. The number of rotatable bonds is 7. The molecule has 1 aliphatic rings. The molecule has 2 heteroatoms. The van der Waals surface area contributed by atoms with Gasteiger partial charge in [0.2, 0.25) is 0 Å². The van der Waals surface area contributed by atoms with Crippen molar-refractivity contribution in [3.05, 3.63) is 242 Å². The van der Waals surface area contributed by atoms with Crippen molar-refractivity contribution in [2.75, 3.05) is 9.80 Å². The fourth-order valence-electron chi connectivity index (χ4n) is 9.71. The molecule has 0 N–H and O–H groups in total. The van der Waals surface area contributed by atoms with Gasteiger partial charge in [0.05, 0.1) is 22.7 Å². The molecule has 0 aliphatic carbocycles. The van der Waals surface area contributed by atoms with Gasteiger partial charge in [-0.25, -0.2) is 0 Å². The highest BCUT2D eigenvalue weighted by atomic mass is 15.2. The molecule has 1 heterocycles. The van der Waals surface area contributed by atoms with Crippen LogP contribution in [0.1, 0.15) is 25.0 Å². The van der Waals surface area contributed by atoms with Crippen molar-refractivity contribution in [1.82, 2.24) is 0 Å². The summed E-state index contributed by atoms with van der Waals surface area (Å²) < 4.78 is 0. The summed E-state index contributed by atoms with van der Waals surface area (Å²) in [7, 11) is 0. The van der Waals surface area contributed by atoms with Gasteiger partial charge in [-0.3, -0.25) is 0 Å². The third-order valence-electron chi connectivity index (χ3n) is 12.6. The molecule has 0 fully saturated rings. The molecule has 0 atom stereocenters.